The molecule has 0 saturated carbocycles. The van der Waals surface area contributed by atoms with Crippen LogP contribution in [0.15, 0.2) is 6.20 Å². The minimum Gasteiger partial charge on any atom is -0.481 e. The highest BCUT2D eigenvalue weighted by Crippen LogP contribution is 2.45. The topological polar surface area (TPSA) is 75.5 Å². The zero-order valence-corrected chi connectivity index (χ0v) is 11.2. The number of fused-ring (bicyclic) bond motifs is 2. The Morgan fingerprint density at radius 1 is 1.58 bits per heavy atom. The van der Waals surface area contributed by atoms with Crippen LogP contribution in [0.1, 0.15) is 19.3 Å². The third kappa shape index (κ3) is 1.90. The Hall–Kier alpha value is -1.56. The Morgan fingerprint density at radius 2 is 2.37 bits per heavy atom. The summed E-state index contributed by atoms with van der Waals surface area (Å²) in [7, 11) is 1.49. The van der Waals surface area contributed by atoms with Crippen LogP contribution in [-0.4, -0.2) is 40.2 Å². The molecule has 0 amide bonds. The lowest BCUT2D eigenvalue weighted by atomic mass is 9.89. The SMILES string of the molecule is COc1ncc(Cl)c(N2C3CCC2C(C(=O)O)C3)n1. The van der Waals surface area contributed by atoms with Crippen LogP contribution in [0.4, 0.5) is 5.82 Å². The fourth-order valence-corrected chi connectivity index (χ4v) is 3.39. The summed E-state index contributed by atoms with van der Waals surface area (Å²) in [6, 6.07) is 0.417. The summed E-state index contributed by atoms with van der Waals surface area (Å²) in [6.07, 6.45) is 4.00. The van der Waals surface area contributed by atoms with E-state index in [1.165, 1.54) is 13.3 Å². The number of nitrogens with zero attached hydrogens (tertiary/aromatic N) is 3. The van der Waals surface area contributed by atoms with Gasteiger partial charge in [-0.1, -0.05) is 11.6 Å². The Morgan fingerprint density at radius 3 is 3.00 bits per heavy atom. The van der Waals surface area contributed by atoms with E-state index in [0.29, 0.717) is 17.3 Å². The molecule has 3 heterocycles. The number of aliphatic carboxylic acids is 1. The first-order chi connectivity index (χ1) is 9.11. The van der Waals surface area contributed by atoms with E-state index in [4.69, 9.17) is 16.3 Å². The molecule has 102 valence electrons. The van der Waals surface area contributed by atoms with Crippen LogP contribution >= 0.6 is 11.6 Å². The number of hydrogen-bond donors (Lipinski definition) is 1. The van der Waals surface area contributed by atoms with E-state index in [1.807, 2.05) is 4.90 Å². The molecule has 1 N–H and O–H groups in total. The smallest absolute Gasteiger partial charge is 0.318 e. The highest BCUT2D eigenvalue weighted by atomic mass is 35.5. The maximum atomic E-state index is 11.3. The van der Waals surface area contributed by atoms with E-state index < -0.39 is 5.97 Å². The molecular formula is C12H14ClN3O3. The fraction of sp³-hybridized carbons (Fsp3) is 0.583. The summed E-state index contributed by atoms with van der Waals surface area (Å²) >= 11 is 6.15. The second kappa shape index (κ2) is 4.52. The largest absolute Gasteiger partial charge is 0.481 e. The summed E-state index contributed by atoms with van der Waals surface area (Å²) in [5.41, 5.74) is 0. The summed E-state index contributed by atoms with van der Waals surface area (Å²) in [4.78, 5) is 21.5. The van der Waals surface area contributed by atoms with Gasteiger partial charge in [0.1, 0.15) is 5.02 Å². The molecule has 6 nitrogen and oxygen atoms in total. The van der Waals surface area contributed by atoms with Crippen LogP contribution in [0.3, 0.4) is 0 Å². The molecule has 0 radical (unpaired) electrons. The second-order valence-corrected chi connectivity index (χ2v) is 5.32. The van der Waals surface area contributed by atoms with E-state index >= 15 is 0 Å². The van der Waals surface area contributed by atoms with Gasteiger partial charge in [-0.25, -0.2) is 4.98 Å². The van der Waals surface area contributed by atoms with Gasteiger partial charge in [-0.3, -0.25) is 4.79 Å². The first-order valence-electron chi connectivity index (χ1n) is 6.19. The molecule has 1 aromatic rings. The fourth-order valence-electron chi connectivity index (χ4n) is 3.21. The highest BCUT2D eigenvalue weighted by molar-refractivity contribution is 6.32. The maximum Gasteiger partial charge on any atom is 0.318 e. The van der Waals surface area contributed by atoms with Crippen molar-refractivity contribution in [3.63, 3.8) is 0 Å². The monoisotopic (exact) mass is 283 g/mol. The average molecular weight is 284 g/mol. The second-order valence-electron chi connectivity index (χ2n) is 4.91. The van der Waals surface area contributed by atoms with E-state index in [1.54, 1.807) is 0 Å². The molecule has 7 heteroatoms. The molecule has 2 aliphatic heterocycles. The molecule has 0 spiro atoms. The standard InChI is InChI=1S/C12H14ClN3O3/c1-19-12-14-5-8(13)10(15-12)16-6-2-3-9(16)7(4-6)11(17)18/h5-7,9H,2-4H2,1H3,(H,17,18). The third-order valence-corrected chi connectivity index (χ3v) is 4.25. The normalized spacial score (nSPS) is 28.7. The lowest BCUT2D eigenvalue weighted by Crippen LogP contribution is -2.33. The predicted molar refractivity (Wildman–Crippen MR) is 68.6 cm³/mol. The molecule has 19 heavy (non-hydrogen) atoms. The van der Waals surface area contributed by atoms with Gasteiger partial charge < -0.3 is 14.7 Å². The van der Waals surface area contributed by atoms with E-state index in [-0.39, 0.29) is 24.0 Å². The number of carbonyl (C=O) groups is 1. The quantitative estimate of drug-likeness (QED) is 0.908. The van der Waals surface area contributed by atoms with Crippen molar-refractivity contribution in [3.05, 3.63) is 11.2 Å². The highest BCUT2D eigenvalue weighted by Gasteiger charge is 2.50. The van der Waals surface area contributed by atoms with E-state index in [2.05, 4.69) is 9.97 Å². The van der Waals surface area contributed by atoms with Crippen LogP contribution in [-0.2, 0) is 4.79 Å². The maximum absolute atomic E-state index is 11.3. The number of ether oxygens (including phenoxy) is 1. The van der Waals surface area contributed by atoms with Gasteiger partial charge in [0.15, 0.2) is 5.82 Å². The zero-order chi connectivity index (χ0) is 13.6. The van der Waals surface area contributed by atoms with Crippen molar-refractivity contribution < 1.29 is 14.6 Å². The van der Waals surface area contributed by atoms with Crippen LogP contribution in [0, 0.1) is 5.92 Å². The van der Waals surface area contributed by atoms with Gasteiger partial charge in [-0.05, 0) is 19.3 Å². The number of halogens is 1. The van der Waals surface area contributed by atoms with Crippen molar-refractivity contribution in [3.8, 4) is 6.01 Å². The first kappa shape index (κ1) is 12.5. The van der Waals surface area contributed by atoms with Gasteiger partial charge in [-0.2, -0.15) is 4.98 Å². The Kier molecular flexibility index (Phi) is 2.97. The van der Waals surface area contributed by atoms with Crippen LogP contribution < -0.4 is 9.64 Å². The molecular weight excluding hydrogens is 270 g/mol. The molecule has 3 unspecified atom stereocenters. The molecule has 2 aliphatic rings. The molecule has 2 saturated heterocycles. The number of hydrogen-bond acceptors (Lipinski definition) is 5. The molecule has 1 aromatic heterocycles. The first-order valence-corrected chi connectivity index (χ1v) is 6.57. The van der Waals surface area contributed by atoms with Crippen LogP contribution in [0.25, 0.3) is 0 Å². The lowest BCUT2D eigenvalue weighted by molar-refractivity contribution is -0.142. The minimum absolute atomic E-state index is 0.0281. The van der Waals surface area contributed by atoms with Crippen molar-refractivity contribution >= 4 is 23.4 Å². The Labute approximate surface area is 115 Å². The molecule has 0 aromatic carbocycles. The third-order valence-electron chi connectivity index (χ3n) is 3.98. The van der Waals surface area contributed by atoms with Crippen molar-refractivity contribution in [2.24, 2.45) is 5.92 Å². The number of anilines is 1. The van der Waals surface area contributed by atoms with Gasteiger partial charge in [0.25, 0.3) is 0 Å². The zero-order valence-electron chi connectivity index (χ0n) is 10.4. The number of carboxylic acids is 1. The van der Waals surface area contributed by atoms with Gasteiger partial charge in [0, 0.05) is 12.1 Å². The van der Waals surface area contributed by atoms with E-state index in [9.17, 15) is 9.90 Å². The molecule has 3 atom stereocenters. The minimum atomic E-state index is -0.741. The van der Waals surface area contributed by atoms with Gasteiger partial charge in [-0.15, -0.1) is 0 Å². The van der Waals surface area contributed by atoms with Crippen LogP contribution in [0.2, 0.25) is 5.02 Å². The van der Waals surface area contributed by atoms with Gasteiger partial charge >= 0.3 is 12.0 Å². The number of carboxylic acid groups (broad SMARTS) is 1. The predicted octanol–water partition coefficient (Wildman–Crippen LogP) is 1.58. The van der Waals surface area contributed by atoms with Crippen molar-refractivity contribution in [1.29, 1.82) is 0 Å². The Bertz CT molecular complexity index is 525. The van der Waals surface area contributed by atoms with Crippen molar-refractivity contribution in [2.45, 2.75) is 31.3 Å². The summed E-state index contributed by atoms with van der Waals surface area (Å²) in [6.45, 7) is 0. The molecule has 2 fully saturated rings. The average Bonchev–Trinajstić information content (AvgIpc) is 2.97. The lowest BCUT2D eigenvalue weighted by Gasteiger charge is -2.25. The summed E-state index contributed by atoms with van der Waals surface area (Å²) < 4.78 is 5.01. The molecule has 3 rings (SSSR count). The number of rotatable bonds is 3. The summed E-state index contributed by atoms with van der Waals surface area (Å²) in [5.74, 6) is -0.491. The number of aromatic nitrogens is 2. The van der Waals surface area contributed by atoms with Gasteiger partial charge in [0.05, 0.1) is 19.2 Å². The van der Waals surface area contributed by atoms with E-state index in [0.717, 1.165) is 12.8 Å². The van der Waals surface area contributed by atoms with Crippen LogP contribution in [0.5, 0.6) is 6.01 Å². The van der Waals surface area contributed by atoms with Crippen molar-refractivity contribution in [1.82, 2.24) is 9.97 Å². The molecule has 0 aliphatic carbocycles. The van der Waals surface area contributed by atoms with Crippen molar-refractivity contribution in [2.75, 3.05) is 12.0 Å². The Balaban J connectivity index is 1.97. The number of methoxy groups -OCH3 is 1. The summed E-state index contributed by atoms with van der Waals surface area (Å²) in [5, 5.41) is 9.69. The molecule has 2 bridgehead atoms. The van der Waals surface area contributed by atoms with Gasteiger partial charge in [0.2, 0.25) is 0 Å².